The number of ether oxygens (including phenoxy) is 1. The van der Waals surface area contributed by atoms with E-state index < -0.39 is 0 Å². The Morgan fingerprint density at radius 1 is 0.970 bits per heavy atom. The van der Waals surface area contributed by atoms with Crippen molar-refractivity contribution in [2.45, 2.75) is 38.2 Å². The molecule has 1 aromatic heterocycles. The highest BCUT2D eigenvalue weighted by Gasteiger charge is 2.29. The summed E-state index contributed by atoms with van der Waals surface area (Å²) in [7, 11) is 0. The van der Waals surface area contributed by atoms with Crippen LogP contribution in [0.15, 0.2) is 66.9 Å². The number of anilines is 1. The molecule has 0 saturated carbocycles. The molecule has 5 heteroatoms. The Bertz CT molecular complexity index is 1080. The first-order valence-corrected chi connectivity index (χ1v) is 11.9. The number of carbonyl (C=O) groups excluding carboxylic acids is 1. The second kappa shape index (κ2) is 9.75. The minimum absolute atomic E-state index is 0.00485. The first-order valence-electron chi connectivity index (χ1n) is 11.9. The minimum atomic E-state index is -0.105. The Balaban J connectivity index is 1.11. The van der Waals surface area contributed by atoms with E-state index in [-0.39, 0.29) is 18.5 Å². The summed E-state index contributed by atoms with van der Waals surface area (Å²) in [5.41, 5.74) is 5.86. The van der Waals surface area contributed by atoms with Crippen molar-refractivity contribution in [2.75, 3.05) is 24.6 Å². The van der Waals surface area contributed by atoms with Crippen molar-refractivity contribution < 1.29 is 14.6 Å². The third-order valence-corrected chi connectivity index (χ3v) is 7.08. The Hall–Kier alpha value is -3.18. The first kappa shape index (κ1) is 21.7. The molecule has 1 saturated heterocycles. The molecule has 2 heterocycles. The van der Waals surface area contributed by atoms with E-state index in [1.165, 1.54) is 22.3 Å². The van der Waals surface area contributed by atoms with Crippen LogP contribution in [0.25, 0.3) is 11.1 Å². The lowest BCUT2D eigenvalue weighted by atomic mass is 9.92. The number of carbonyl (C=O) groups is 1. The second-order valence-corrected chi connectivity index (χ2v) is 9.02. The quantitative estimate of drug-likeness (QED) is 0.526. The summed E-state index contributed by atoms with van der Waals surface area (Å²) < 4.78 is 5.76. The topological polar surface area (TPSA) is 62.7 Å². The highest BCUT2D eigenvalue weighted by molar-refractivity contribution is 5.79. The molecule has 1 fully saturated rings. The van der Waals surface area contributed by atoms with Crippen LogP contribution >= 0.6 is 0 Å². The molecule has 1 aliphatic heterocycles. The Labute approximate surface area is 195 Å². The van der Waals surface area contributed by atoms with E-state index >= 15 is 0 Å². The number of nitrogens with zero attached hydrogens (tertiary/aromatic N) is 2. The lowest BCUT2D eigenvalue weighted by Gasteiger charge is -2.33. The van der Waals surface area contributed by atoms with Crippen molar-refractivity contribution in [1.29, 1.82) is 0 Å². The maximum Gasteiger partial charge on any atom is 0.305 e. The van der Waals surface area contributed by atoms with Crippen LogP contribution in [0.5, 0.6) is 0 Å². The van der Waals surface area contributed by atoms with Gasteiger partial charge in [0.1, 0.15) is 12.4 Å². The van der Waals surface area contributed by atoms with Crippen molar-refractivity contribution >= 4 is 11.8 Å². The number of aromatic nitrogens is 1. The minimum Gasteiger partial charge on any atom is -0.465 e. The molecule has 0 amide bonds. The number of fused-ring (bicyclic) bond motifs is 3. The van der Waals surface area contributed by atoms with E-state index in [4.69, 9.17) is 4.74 Å². The fourth-order valence-electron chi connectivity index (χ4n) is 5.28. The largest absolute Gasteiger partial charge is 0.465 e. The number of rotatable bonds is 7. The fourth-order valence-corrected chi connectivity index (χ4v) is 5.28. The molecular weight excluding hydrogens is 412 g/mol. The zero-order chi connectivity index (χ0) is 22.6. The highest BCUT2D eigenvalue weighted by atomic mass is 16.5. The van der Waals surface area contributed by atoms with E-state index in [9.17, 15) is 9.90 Å². The number of aliphatic hydroxyl groups is 1. The van der Waals surface area contributed by atoms with E-state index in [0.29, 0.717) is 18.9 Å². The van der Waals surface area contributed by atoms with Gasteiger partial charge in [0.2, 0.25) is 0 Å². The van der Waals surface area contributed by atoms with Crippen LogP contribution in [-0.4, -0.2) is 35.8 Å². The predicted molar refractivity (Wildman–Crippen MR) is 129 cm³/mol. The number of aliphatic hydroxyl groups excluding tert-OH is 1. The molecule has 3 aromatic rings. The van der Waals surface area contributed by atoms with Crippen molar-refractivity contribution in [3.8, 4) is 11.1 Å². The standard InChI is InChI=1S/C28H30N2O3/c31-18-21-6-5-15-29-28(21)30-16-13-20(14-17-30)11-12-27(32)33-19-26-24-9-3-1-7-22(24)23-8-2-4-10-25(23)26/h1-10,15,20,26,31H,11-14,16-19H2. The van der Waals surface area contributed by atoms with Gasteiger partial charge in [-0.25, -0.2) is 4.98 Å². The van der Waals surface area contributed by atoms with Crippen LogP contribution in [0.3, 0.4) is 0 Å². The lowest BCUT2D eigenvalue weighted by molar-refractivity contribution is -0.144. The van der Waals surface area contributed by atoms with Crippen LogP contribution < -0.4 is 4.90 Å². The summed E-state index contributed by atoms with van der Waals surface area (Å²) in [5.74, 6) is 1.41. The van der Waals surface area contributed by atoms with Crippen molar-refractivity contribution in [2.24, 2.45) is 5.92 Å². The molecule has 1 N–H and O–H groups in total. The third-order valence-electron chi connectivity index (χ3n) is 7.08. The van der Waals surface area contributed by atoms with Gasteiger partial charge >= 0.3 is 5.97 Å². The van der Waals surface area contributed by atoms with E-state index in [2.05, 4.69) is 58.4 Å². The molecule has 0 spiro atoms. The van der Waals surface area contributed by atoms with E-state index in [0.717, 1.165) is 43.7 Å². The van der Waals surface area contributed by atoms with Gasteiger partial charge in [0, 0.05) is 37.2 Å². The van der Waals surface area contributed by atoms with Gasteiger partial charge in [-0.3, -0.25) is 4.79 Å². The highest BCUT2D eigenvalue weighted by Crippen LogP contribution is 2.44. The summed E-state index contributed by atoms with van der Waals surface area (Å²) >= 11 is 0. The average molecular weight is 443 g/mol. The van der Waals surface area contributed by atoms with Gasteiger partial charge in [0.05, 0.1) is 6.61 Å². The molecule has 170 valence electrons. The van der Waals surface area contributed by atoms with Gasteiger partial charge in [-0.05, 0) is 53.5 Å². The molecule has 5 nitrogen and oxygen atoms in total. The Kier molecular flexibility index (Phi) is 6.40. The summed E-state index contributed by atoms with van der Waals surface area (Å²) in [6, 6.07) is 20.6. The van der Waals surface area contributed by atoms with Gasteiger partial charge in [0.15, 0.2) is 0 Å². The van der Waals surface area contributed by atoms with Crippen LogP contribution in [0, 0.1) is 5.92 Å². The van der Waals surface area contributed by atoms with Gasteiger partial charge in [-0.1, -0.05) is 54.6 Å². The molecule has 33 heavy (non-hydrogen) atoms. The monoisotopic (exact) mass is 442 g/mol. The third kappa shape index (κ3) is 4.51. The maximum atomic E-state index is 12.6. The zero-order valence-corrected chi connectivity index (χ0v) is 18.8. The second-order valence-electron chi connectivity index (χ2n) is 9.02. The van der Waals surface area contributed by atoms with Crippen LogP contribution in [0.2, 0.25) is 0 Å². The van der Waals surface area contributed by atoms with Crippen LogP contribution in [0.1, 0.15) is 48.3 Å². The smallest absolute Gasteiger partial charge is 0.305 e. The van der Waals surface area contributed by atoms with Gasteiger partial charge < -0.3 is 14.7 Å². The molecule has 2 aromatic carbocycles. The van der Waals surface area contributed by atoms with E-state index in [1.807, 2.05) is 12.1 Å². The normalized spacial score (nSPS) is 15.8. The van der Waals surface area contributed by atoms with Gasteiger partial charge in [0.25, 0.3) is 0 Å². The summed E-state index contributed by atoms with van der Waals surface area (Å²) in [5, 5.41) is 9.57. The molecule has 0 unspecified atom stereocenters. The summed E-state index contributed by atoms with van der Waals surface area (Å²) in [6.07, 6.45) is 5.15. The van der Waals surface area contributed by atoms with Crippen LogP contribution in [-0.2, 0) is 16.1 Å². The zero-order valence-electron chi connectivity index (χ0n) is 18.8. The number of benzene rings is 2. The molecule has 2 aliphatic rings. The molecule has 5 rings (SSSR count). The van der Waals surface area contributed by atoms with Crippen molar-refractivity contribution in [1.82, 2.24) is 4.98 Å². The molecule has 0 radical (unpaired) electrons. The molecule has 0 bridgehead atoms. The predicted octanol–water partition coefficient (Wildman–Crippen LogP) is 4.93. The average Bonchev–Trinajstić information content (AvgIpc) is 3.20. The van der Waals surface area contributed by atoms with Crippen molar-refractivity contribution in [3.05, 3.63) is 83.6 Å². The molecule has 0 atom stereocenters. The van der Waals surface area contributed by atoms with E-state index in [1.54, 1.807) is 6.20 Å². The van der Waals surface area contributed by atoms with Gasteiger partial charge in [-0.15, -0.1) is 0 Å². The molecular formula is C28H30N2O3. The Morgan fingerprint density at radius 3 is 2.30 bits per heavy atom. The van der Waals surface area contributed by atoms with Crippen molar-refractivity contribution in [3.63, 3.8) is 0 Å². The number of hydrogen-bond donors (Lipinski definition) is 1. The number of piperidine rings is 1. The fraction of sp³-hybridized carbons (Fsp3) is 0.357. The number of esters is 1. The summed E-state index contributed by atoms with van der Waals surface area (Å²) in [6.45, 7) is 2.21. The van der Waals surface area contributed by atoms with Gasteiger partial charge in [-0.2, -0.15) is 0 Å². The lowest BCUT2D eigenvalue weighted by Crippen LogP contribution is -2.35. The van der Waals surface area contributed by atoms with Crippen LogP contribution in [0.4, 0.5) is 5.82 Å². The number of pyridine rings is 1. The maximum absolute atomic E-state index is 12.6. The first-order chi connectivity index (χ1) is 16.2. The number of hydrogen-bond acceptors (Lipinski definition) is 5. The SMILES string of the molecule is O=C(CCC1CCN(c2ncccc2CO)CC1)OCC1c2ccccc2-c2ccccc21. The Morgan fingerprint density at radius 2 is 1.64 bits per heavy atom. The summed E-state index contributed by atoms with van der Waals surface area (Å²) in [4.78, 5) is 19.3. The molecule has 1 aliphatic carbocycles.